The zero-order chi connectivity index (χ0) is 18.2. The Morgan fingerprint density at radius 1 is 1.44 bits per heavy atom. The number of hydrogen-bond donors (Lipinski definition) is 2. The highest BCUT2D eigenvalue weighted by Crippen LogP contribution is 2.39. The number of carbonyl (C=O) groups excluding carboxylic acids is 1. The highest BCUT2D eigenvalue weighted by molar-refractivity contribution is 7.89. The van der Waals surface area contributed by atoms with Gasteiger partial charge in [-0.1, -0.05) is 11.6 Å². The van der Waals surface area contributed by atoms with Gasteiger partial charge < -0.3 is 15.2 Å². The first-order valence-corrected chi connectivity index (χ1v) is 9.45. The molecule has 1 aromatic carbocycles. The molecule has 136 valence electrons. The van der Waals surface area contributed by atoms with Gasteiger partial charge in [0.15, 0.2) is 6.61 Å². The summed E-state index contributed by atoms with van der Waals surface area (Å²) < 4.78 is 32.0. The Kier molecular flexibility index (Phi) is 4.65. The molecule has 1 spiro atoms. The third-order valence-electron chi connectivity index (χ3n) is 4.49. The molecule has 1 aromatic rings. The van der Waals surface area contributed by atoms with Crippen LogP contribution in [0.15, 0.2) is 23.1 Å². The van der Waals surface area contributed by atoms with E-state index in [1.807, 2.05) is 0 Å². The van der Waals surface area contributed by atoms with Crippen LogP contribution in [0.2, 0.25) is 5.02 Å². The van der Waals surface area contributed by atoms with Crippen molar-refractivity contribution in [1.29, 1.82) is 0 Å². The summed E-state index contributed by atoms with van der Waals surface area (Å²) in [5.74, 6) is -1.11. The Bertz CT molecular complexity index is 827. The molecule has 0 radical (unpaired) electrons. The Morgan fingerprint density at radius 3 is 2.80 bits per heavy atom. The van der Waals surface area contributed by atoms with Crippen molar-refractivity contribution in [2.75, 3.05) is 26.2 Å². The van der Waals surface area contributed by atoms with Crippen LogP contribution in [-0.4, -0.2) is 55.9 Å². The fourth-order valence-electron chi connectivity index (χ4n) is 3.19. The van der Waals surface area contributed by atoms with Crippen molar-refractivity contribution >= 4 is 33.5 Å². The van der Waals surface area contributed by atoms with E-state index in [9.17, 15) is 18.0 Å². The lowest BCUT2D eigenvalue weighted by molar-refractivity contribution is -0.139. The predicted octanol–water partition coefficient (Wildman–Crippen LogP) is 0.704. The number of rotatable bonds is 5. The predicted molar refractivity (Wildman–Crippen MR) is 88.0 cm³/mol. The van der Waals surface area contributed by atoms with Gasteiger partial charge in [-0.05, 0) is 24.6 Å². The van der Waals surface area contributed by atoms with E-state index in [1.165, 1.54) is 22.5 Å². The Balaban J connectivity index is 1.78. The molecule has 1 atom stereocenters. The zero-order valence-corrected chi connectivity index (χ0v) is 14.8. The first-order valence-electron chi connectivity index (χ1n) is 7.63. The van der Waals surface area contributed by atoms with Crippen LogP contribution in [-0.2, 0) is 19.6 Å². The number of aliphatic carboxylic acids is 1. The minimum absolute atomic E-state index is 0.00880. The van der Waals surface area contributed by atoms with Crippen LogP contribution >= 0.6 is 11.6 Å². The number of hydrogen-bond acceptors (Lipinski definition) is 5. The van der Waals surface area contributed by atoms with Crippen LogP contribution in [0.4, 0.5) is 0 Å². The normalized spacial score (nSPS) is 23.8. The van der Waals surface area contributed by atoms with Crippen molar-refractivity contribution in [2.45, 2.75) is 17.7 Å². The summed E-state index contributed by atoms with van der Waals surface area (Å²) in [5.41, 5.74) is -0.335. The number of ether oxygens (including phenoxy) is 1. The molecule has 0 aliphatic carbocycles. The van der Waals surface area contributed by atoms with Gasteiger partial charge in [-0.2, -0.15) is 4.31 Å². The van der Waals surface area contributed by atoms with Crippen molar-refractivity contribution in [3.63, 3.8) is 0 Å². The van der Waals surface area contributed by atoms with Crippen LogP contribution in [0.3, 0.4) is 0 Å². The highest BCUT2D eigenvalue weighted by Gasteiger charge is 2.47. The summed E-state index contributed by atoms with van der Waals surface area (Å²) in [5, 5.41) is 11.4. The number of sulfonamides is 1. The smallest absolute Gasteiger partial charge is 0.341 e. The summed E-state index contributed by atoms with van der Waals surface area (Å²) in [6.45, 7) is 0.539. The van der Waals surface area contributed by atoms with Gasteiger partial charge in [0, 0.05) is 31.5 Å². The van der Waals surface area contributed by atoms with E-state index in [0.29, 0.717) is 25.9 Å². The fraction of sp³-hybridized carbons (Fsp3) is 0.467. The maximum absolute atomic E-state index is 12.8. The van der Waals surface area contributed by atoms with Crippen LogP contribution < -0.4 is 10.1 Å². The molecule has 2 N–H and O–H groups in total. The minimum Gasteiger partial charge on any atom is -0.480 e. The quantitative estimate of drug-likeness (QED) is 0.767. The van der Waals surface area contributed by atoms with E-state index in [0.717, 1.165) is 0 Å². The highest BCUT2D eigenvalue weighted by atomic mass is 35.5. The molecule has 10 heteroatoms. The minimum atomic E-state index is -3.75. The average molecular weight is 389 g/mol. The molecule has 0 bridgehead atoms. The summed E-state index contributed by atoms with van der Waals surface area (Å²) in [7, 11) is -3.75. The number of nitrogens with one attached hydrogen (secondary N) is 1. The van der Waals surface area contributed by atoms with Crippen molar-refractivity contribution in [3.8, 4) is 5.75 Å². The van der Waals surface area contributed by atoms with Crippen molar-refractivity contribution in [2.24, 2.45) is 5.41 Å². The third kappa shape index (κ3) is 3.58. The second-order valence-corrected chi connectivity index (χ2v) is 8.66. The average Bonchev–Trinajstić information content (AvgIpc) is 3.13. The SMILES string of the molecule is O=C(O)COc1ccc(S(=O)(=O)N2CCC3(CNC(=O)C3)C2)cc1Cl. The lowest BCUT2D eigenvalue weighted by atomic mass is 9.86. The van der Waals surface area contributed by atoms with Gasteiger partial charge in [-0.25, -0.2) is 13.2 Å². The van der Waals surface area contributed by atoms with Crippen molar-refractivity contribution in [1.82, 2.24) is 9.62 Å². The van der Waals surface area contributed by atoms with Crippen LogP contribution in [0.1, 0.15) is 12.8 Å². The van der Waals surface area contributed by atoms with E-state index in [4.69, 9.17) is 21.4 Å². The van der Waals surface area contributed by atoms with Gasteiger partial charge in [-0.15, -0.1) is 0 Å². The topological polar surface area (TPSA) is 113 Å². The Morgan fingerprint density at radius 2 is 2.20 bits per heavy atom. The van der Waals surface area contributed by atoms with Gasteiger partial charge >= 0.3 is 5.97 Å². The number of halogens is 1. The number of carboxylic acid groups (broad SMARTS) is 1. The Hall–Kier alpha value is -1.84. The molecule has 1 unspecified atom stereocenters. The second kappa shape index (κ2) is 6.47. The van der Waals surface area contributed by atoms with E-state index in [1.54, 1.807) is 0 Å². The molecule has 2 heterocycles. The molecule has 25 heavy (non-hydrogen) atoms. The molecule has 2 aliphatic heterocycles. The number of carbonyl (C=O) groups is 2. The van der Waals surface area contributed by atoms with Gasteiger partial charge in [0.05, 0.1) is 9.92 Å². The third-order valence-corrected chi connectivity index (χ3v) is 6.63. The Labute approximate surface area is 149 Å². The lowest BCUT2D eigenvalue weighted by Gasteiger charge is -2.21. The van der Waals surface area contributed by atoms with Gasteiger partial charge in [-0.3, -0.25) is 4.79 Å². The number of amides is 1. The molecule has 1 amide bonds. The van der Waals surface area contributed by atoms with Crippen LogP contribution in [0.25, 0.3) is 0 Å². The molecule has 8 nitrogen and oxygen atoms in total. The van der Waals surface area contributed by atoms with Gasteiger partial charge in [0.1, 0.15) is 5.75 Å². The zero-order valence-electron chi connectivity index (χ0n) is 13.2. The number of nitrogens with zero attached hydrogens (tertiary/aromatic N) is 1. The molecule has 2 aliphatic rings. The molecule has 0 saturated carbocycles. The van der Waals surface area contributed by atoms with Crippen LogP contribution in [0, 0.1) is 5.41 Å². The molecular formula is C15H17ClN2O6S. The lowest BCUT2D eigenvalue weighted by Crippen LogP contribution is -2.33. The summed E-state index contributed by atoms with van der Waals surface area (Å²) in [6.07, 6.45) is 0.959. The maximum atomic E-state index is 12.8. The second-order valence-electron chi connectivity index (χ2n) is 6.32. The standard InChI is InChI=1S/C15H17ClN2O6S/c16-11-5-10(1-2-12(11)24-7-14(20)21)25(22,23)18-4-3-15(9-18)6-13(19)17-8-15/h1-2,5H,3-4,6-9H2,(H,17,19)(H,20,21). The largest absolute Gasteiger partial charge is 0.480 e. The van der Waals surface area contributed by atoms with E-state index in [2.05, 4.69) is 5.32 Å². The van der Waals surface area contributed by atoms with E-state index < -0.39 is 22.6 Å². The van der Waals surface area contributed by atoms with Gasteiger partial charge in [0.25, 0.3) is 0 Å². The van der Waals surface area contributed by atoms with Gasteiger partial charge in [0.2, 0.25) is 15.9 Å². The van der Waals surface area contributed by atoms with Crippen molar-refractivity contribution < 1.29 is 27.9 Å². The summed E-state index contributed by atoms with van der Waals surface area (Å²) >= 11 is 6.01. The maximum Gasteiger partial charge on any atom is 0.341 e. The van der Waals surface area contributed by atoms with Crippen molar-refractivity contribution in [3.05, 3.63) is 23.2 Å². The van der Waals surface area contributed by atoms with Crippen LogP contribution in [0.5, 0.6) is 5.75 Å². The molecule has 3 rings (SSSR count). The molecule has 0 aromatic heterocycles. The summed E-state index contributed by atoms with van der Waals surface area (Å²) in [4.78, 5) is 22.0. The molecule has 2 saturated heterocycles. The summed E-state index contributed by atoms with van der Waals surface area (Å²) in [6, 6.07) is 3.92. The van der Waals surface area contributed by atoms with E-state index in [-0.39, 0.29) is 33.5 Å². The first kappa shape index (κ1) is 18.0. The van der Waals surface area contributed by atoms with E-state index >= 15 is 0 Å². The fourth-order valence-corrected chi connectivity index (χ4v) is 5.07. The monoisotopic (exact) mass is 388 g/mol. The molecule has 2 fully saturated rings. The number of benzene rings is 1. The molecular weight excluding hydrogens is 372 g/mol. The first-order chi connectivity index (χ1) is 11.7. The number of carboxylic acids is 1.